The molecular weight excluding hydrogens is 281 g/mol. The SMILES string of the molecule is CC[C@@H](Oc1ccc(F)cc1)C(=O)NC1CCCCCCC1. The van der Waals surface area contributed by atoms with Gasteiger partial charge in [-0.1, -0.05) is 39.0 Å². The van der Waals surface area contributed by atoms with E-state index in [1.54, 1.807) is 12.1 Å². The average molecular weight is 307 g/mol. The number of hydrogen-bond donors (Lipinski definition) is 1. The van der Waals surface area contributed by atoms with E-state index in [1.165, 1.54) is 44.2 Å². The van der Waals surface area contributed by atoms with E-state index in [1.807, 2.05) is 6.92 Å². The molecule has 1 aromatic carbocycles. The molecule has 1 saturated carbocycles. The van der Waals surface area contributed by atoms with Crippen LogP contribution in [0.4, 0.5) is 4.39 Å². The predicted octanol–water partition coefficient (Wildman–Crippen LogP) is 4.21. The van der Waals surface area contributed by atoms with Gasteiger partial charge in [0, 0.05) is 6.04 Å². The Morgan fingerprint density at radius 1 is 1.18 bits per heavy atom. The summed E-state index contributed by atoms with van der Waals surface area (Å²) in [4.78, 5) is 12.4. The summed E-state index contributed by atoms with van der Waals surface area (Å²) in [6.07, 6.45) is 8.38. The van der Waals surface area contributed by atoms with E-state index in [0.717, 1.165) is 12.8 Å². The molecule has 0 aromatic heterocycles. The minimum absolute atomic E-state index is 0.0580. The number of rotatable bonds is 5. The molecule has 1 aliphatic carbocycles. The lowest BCUT2D eigenvalue weighted by atomic mass is 9.96. The van der Waals surface area contributed by atoms with Gasteiger partial charge in [0.15, 0.2) is 6.10 Å². The summed E-state index contributed by atoms with van der Waals surface area (Å²) in [6.45, 7) is 1.92. The molecule has 1 N–H and O–H groups in total. The molecule has 0 radical (unpaired) electrons. The van der Waals surface area contributed by atoms with Gasteiger partial charge in [0.2, 0.25) is 0 Å². The first-order valence-corrected chi connectivity index (χ1v) is 8.41. The summed E-state index contributed by atoms with van der Waals surface area (Å²) in [6, 6.07) is 6.06. The fraction of sp³-hybridized carbons (Fsp3) is 0.611. The Bertz CT molecular complexity index is 453. The van der Waals surface area contributed by atoms with Crippen LogP contribution in [0.3, 0.4) is 0 Å². The number of nitrogens with one attached hydrogen (secondary N) is 1. The second-order valence-electron chi connectivity index (χ2n) is 6.02. The zero-order valence-electron chi connectivity index (χ0n) is 13.3. The summed E-state index contributed by atoms with van der Waals surface area (Å²) in [5, 5.41) is 3.13. The van der Waals surface area contributed by atoms with E-state index in [-0.39, 0.29) is 17.8 Å². The van der Waals surface area contributed by atoms with E-state index < -0.39 is 6.10 Å². The van der Waals surface area contributed by atoms with Crippen LogP contribution in [0.15, 0.2) is 24.3 Å². The molecule has 4 heteroatoms. The molecule has 0 heterocycles. The number of hydrogen-bond acceptors (Lipinski definition) is 2. The third kappa shape index (κ3) is 5.32. The number of halogens is 1. The Labute approximate surface area is 132 Å². The Morgan fingerprint density at radius 2 is 1.77 bits per heavy atom. The Morgan fingerprint density at radius 3 is 2.36 bits per heavy atom. The Balaban J connectivity index is 1.88. The van der Waals surface area contributed by atoms with E-state index in [9.17, 15) is 9.18 Å². The molecule has 0 bridgehead atoms. The molecule has 0 saturated heterocycles. The molecule has 1 fully saturated rings. The summed E-state index contributed by atoms with van der Waals surface area (Å²) in [5.41, 5.74) is 0. The van der Waals surface area contributed by atoms with E-state index in [0.29, 0.717) is 12.2 Å². The quantitative estimate of drug-likeness (QED) is 0.885. The van der Waals surface area contributed by atoms with Gasteiger partial charge in [-0.15, -0.1) is 0 Å². The van der Waals surface area contributed by atoms with Crippen LogP contribution in [0.1, 0.15) is 58.3 Å². The number of benzene rings is 1. The van der Waals surface area contributed by atoms with Crippen LogP contribution >= 0.6 is 0 Å². The number of ether oxygens (including phenoxy) is 1. The van der Waals surface area contributed by atoms with Crippen molar-refractivity contribution in [2.24, 2.45) is 0 Å². The normalized spacial score (nSPS) is 18.1. The first kappa shape index (κ1) is 16.8. The molecule has 0 unspecified atom stereocenters. The van der Waals surface area contributed by atoms with Gasteiger partial charge >= 0.3 is 0 Å². The summed E-state index contributed by atoms with van der Waals surface area (Å²) in [7, 11) is 0. The van der Waals surface area contributed by atoms with Crippen molar-refractivity contribution >= 4 is 5.91 Å². The Hall–Kier alpha value is -1.58. The highest BCUT2D eigenvalue weighted by Crippen LogP contribution is 2.18. The topological polar surface area (TPSA) is 38.3 Å². The van der Waals surface area contributed by atoms with Gasteiger partial charge in [-0.25, -0.2) is 4.39 Å². The molecule has 3 nitrogen and oxygen atoms in total. The fourth-order valence-electron chi connectivity index (χ4n) is 2.89. The molecule has 22 heavy (non-hydrogen) atoms. The third-order valence-electron chi connectivity index (χ3n) is 4.21. The summed E-state index contributed by atoms with van der Waals surface area (Å²) >= 11 is 0. The lowest BCUT2D eigenvalue weighted by Gasteiger charge is -2.24. The molecule has 0 spiro atoms. The molecule has 1 atom stereocenters. The average Bonchev–Trinajstić information content (AvgIpc) is 2.49. The van der Waals surface area contributed by atoms with Crippen LogP contribution in [0.25, 0.3) is 0 Å². The summed E-state index contributed by atoms with van der Waals surface area (Å²) in [5.74, 6) is 0.165. The third-order valence-corrected chi connectivity index (χ3v) is 4.21. The number of amides is 1. The maximum absolute atomic E-state index is 12.9. The van der Waals surface area contributed by atoms with Crippen molar-refractivity contribution in [1.82, 2.24) is 5.32 Å². The minimum Gasteiger partial charge on any atom is -0.481 e. The molecule has 0 aliphatic heterocycles. The fourth-order valence-corrected chi connectivity index (χ4v) is 2.89. The highest BCUT2D eigenvalue weighted by molar-refractivity contribution is 5.81. The van der Waals surface area contributed by atoms with E-state index >= 15 is 0 Å². The van der Waals surface area contributed by atoms with E-state index in [2.05, 4.69) is 5.32 Å². The van der Waals surface area contributed by atoms with Crippen molar-refractivity contribution in [3.8, 4) is 5.75 Å². The van der Waals surface area contributed by atoms with Gasteiger partial charge < -0.3 is 10.1 Å². The monoisotopic (exact) mass is 307 g/mol. The van der Waals surface area contributed by atoms with E-state index in [4.69, 9.17) is 4.74 Å². The van der Waals surface area contributed by atoms with Gasteiger partial charge in [-0.3, -0.25) is 4.79 Å². The smallest absolute Gasteiger partial charge is 0.261 e. The maximum atomic E-state index is 12.9. The predicted molar refractivity (Wildman–Crippen MR) is 85.4 cm³/mol. The highest BCUT2D eigenvalue weighted by Gasteiger charge is 2.22. The largest absolute Gasteiger partial charge is 0.481 e. The second kappa shape index (κ2) is 8.76. The van der Waals surface area contributed by atoms with Crippen LogP contribution in [-0.4, -0.2) is 18.1 Å². The molecule has 1 aliphatic rings. The van der Waals surface area contributed by atoms with Crippen molar-refractivity contribution in [3.05, 3.63) is 30.1 Å². The van der Waals surface area contributed by atoms with Crippen molar-refractivity contribution < 1.29 is 13.9 Å². The van der Waals surface area contributed by atoms with Gasteiger partial charge in [-0.2, -0.15) is 0 Å². The Kier molecular flexibility index (Phi) is 6.69. The van der Waals surface area contributed by atoms with Crippen molar-refractivity contribution in [1.29, 1.82) is 0 Å². The standard InChI is InChI=1S/C18H26FNO2/c1-2-17(22-16-12-10-14(19)11-13-16)18(21)20-15-8-6-4-3-5-7-9-15/h10-13,15,17H,2-9H2,1H3,(H,20,21)/t17-/m1/s1. The van der Waals surface area contributed by atoms with Crippen LogP contribution in [0.2, 0.25) is 0 Å². The molecule has 122 valence electrons. The molecular formula is C18H26FNO2. The molecule has 2 rings (SSSR count). The number of carbonyl (C=O) groups is 1. The molecule has 1 amide bonds. The first-order chi connectivity index (χ1) is 10.7. The lowest BCUT2D eigenvalue weighted by molar-refractivity contribution is -0.129. The summed E-state index contributed by atoms with van der Waals surface area (Å²) < 4.78 is 18.6. The van der Waals surface area contributed by atoms with Gasteiger partial charge in [0.05, 0.1) is 0 Å². The van der Waals surface area contributed by atoms with Crippen molar-refractivity contribution in [3.63, 3.8) is 0 Å². The molecule has 1 aromatic rings. The second-order valence-corrected chi connectivity index (χ2v) is 6.02. The van der Waals surface area contributed by atoms with Crippen LogP contribution in [0.5, 0.6) is 5.75 Å². The van der Waals surface area contributed by atoms with Crippen molar-refractivity contribution in [2.75, 3.05) is 0 Å². The highest BCUT2D eigenvalue weighted by atomic mass is 19.1. The van der Waals surface area contributed by atoms with Gasteiger partial charge in [-0.05, 0) is 43.5 Å². The van der Waals surface area contributed by atoms with Crippen LogP contribution in [0, 0.1) is 5.82 Å². The number of carbonyl (C=O) groups excluding carboxylic acids is 1. The minimum atomic E-state index is -0.518. The van der Waals surface area contributed by atoms with Crippen molar-refractivity contribution in [2.45, 2.75) is 70.4 Å². The van der Waals surface area contributed by atoms with Gasteiger partial charge in [0.1, 0.15) is 11.6 Å². The maximum Gasteiger partial charge on any atom is 0.261 e. The van der Waals surface area contributed by atoms with Crippen LogP contribution < -0.4 is 10.1 Å². The van der Waals surface area contributed by atoms with Gasteiger partial charge in [0.25, 0.3) is 5.91 Å². The lowest BCUT2D eigenvalue weighted by Crippen LogP contribution is -2.43. The first-order valence-electron chi connectivity index (χ1n) is 8.41. The van der Waals surface area contributed by atoms with Crippen LogP contribution in [-0.2, 0) is 4.79 Å². The zero-order valence-corrected chi connectivity index (χ0v) is 13.3. The zero-order chi connectivity index (χ0) is 15.8.